The van der Waals surface area contributed by atoms with Gasteiger partial charge in [-0.25, -0.2) is 0 Å². The van der Waals surface area contributed by atoms with Crippen LogP contribution in [0, 0.1) is 0 Å². The fourth-order valence-corrected chi connectivity index (χ4v) is 2.38. The third-order valence-corrected chi connectivity index (χ3v) is 3.56. The molecule has 0 saturated heterocycles. The molecule has 2 rings (SSSR count). The molecule has 0 unspecified atom stereocenters. The first-order valence-corrected chi connectivity index (χ1v) is 8.13. The number of anilines is 2. The van der Waals surface area contributed by atoms with Gasteiger partial charge in [0.05, 0.1) is 6.54 Å². The largest absolute Gasteiger partial charge is 0.325 e. The smallest absolute Gasteiger partial charge is 0.258 e. The number of nitrogens with one attached hydrogen (secondary N) is 2. The van der Waals surface area contributed by atoms with Gasteiger partial charge in [-0.3, -0.25) is 9.59 Å². The lowest BCUT2D eigenvalue weighted by Gasteiger charge is -2.21. The van der Waals surface area contributed by atoms with E-state index in [4.69, 9.17) is 0 Å². The van der Waals surface area contributed by atoms with Crippen LogP contribution in [0.4, 0.5) is 11.4 Å². The van der Waals surface area contributed by atoms with Crippen LogP contribution in [0.1, 0.15) is 24.2 Å². The van der Waals surface area contributed by atoms with E-state index < -0.39 is 0 Å². The van der Waals surface area contributed by atoms with Crippen molar-refractivity contribution in [3.05, 3.63) is 60.2 Å². The molecule has 0 aliphatic heterocycles. The number of hydrogen-bond acceptors (Lipinski definition) is 3. The number of amides is 2. The molecule has 0 aromatic heterocycles. The highest BCUT2D eigenvalue weighted by atomic mass is 16.2. The molecule has 126 valence electrons. The van der Waals surface area contributed by atoms with Crippen molar-refractivity contribution in [2.24, 2.45) is 0 Å². The normalized spacial score (nSPS) is 10.2. The van der Waals surface area contributed by atoms with E-state index >= 15 is 0 Å². The third kappa shape index (κ3) is 4.67. The maximum atomic E-state index is 12.8. The summed E-state index contributed by atoms with van der Waals surface area (Å²) in [5.41, 5.74) is 2.02. The van der Waals surface area contributed by atoms with Crippen molar-refractivity contribution in [2.75, 3.05) is 29.9 Å². The zero-order valence-corrected chi connectivity index (χ0v) is 14.1. The number of para-hydroxylation sites is 1. The second-order valence-corrected chi connectivity index (χ2v) is 5.29. The van der Waals surface area contributed by atoms with Crippen LogP contribution in [0.25, 0.3) is 0 Å². The van der Waals surface area contributed by atoms with E-state index in [2.05, 4.69) is 10.6 Å². The summed E-state index contributed by atoms with van der Waals surface area (Å²) in [6, 6.07) is 16.6. The van der Waals surface area contributed by atoms with E-state index in [1.54, 1.807) is 29.2 Å². The predicted octanol–water partition coefficient (Wildman–Crippen LogP) is 2.90. The Hall–Kier alpha value is -2.66. The number of hydrogen-bond donors (Lipinski definition) is 2. The molecule has 5 heteroatoms. The van der Waals surface area contributed by atoms with Crippen LogP contribution >= 0.6 is 0 Å². The monoisotopic (exact) mass is 325 g/mol. The molecule has 2 amide bonds. The number of benzene rings is 2. The van der Waals surface area contributed by atoms with Crippen LogP contribution in [0.5, 0.6) is 0 Å². The fraction of sp³-hybridized carbons (Fsp3) is 0.263. The van der Waals surface area contributed by atoms with Crippen molar-refractivity contribution in [1.29, 1.82) is 0 Å². The molecular formula is C19H23N3O2. The van der Waals surface area contributed by atoms with E-state index in [9.17, 15) is 9.59 Å². The zero-order valence-electron chi connectivity index (χ0n) is 14.1. The standard InChI is InChI=1S/C19H23N3O2/c1-3-20-14-18(23)21-16-10-8-9-15(13-16)19(24)22(4-2)17-11-6-5-7-12-17/h5-13,20H,3-4,14H2,1-2H3,(H,21,23). The molecule has 0 spiro atoms. The quantitative estimate of drug-likeness (QED) is 0.823. The van der Waals surface area contributed by atoms with Gasteiger partial charge in [-0.2, -0.15) is 0 Å². The highest BCUT2D eigenvalue weighted by Gasteiger charge is 2.16. The molecule has 2 N–H and O–H groups in total. The summed E-state index contributed by atoms with van der Waals surface area (Å²) >= 11 is 0. The lowest BCUT2D eigenvalue weighted by Crippen LogP contribution is -2.31. The van der Waals surface area contributed by atoms with Crippen molar-refractivity contribution < 1.29 is 9.59 Å². The van der Waals surface area contributed by atoms with E-state index in [1.165, 1.54) is 0 Å². The number of carbonyl (C=O) groups excluding carboxylic acids is 2. The van der Waals surface area contributed by atoms with E-state index in [0.29, 0.717) is 17.8 Å². The minimum Gasteiger partial charge on any atom is -0.325 e. The summed E-state index contributed by atoms with van der Waals surface area (Å²) in [6.07, 6.45) is 0. The molecule has 5 nitrogen and oxygen atoms in total. The Morgan fingerprint density at radius 3 is 2.42 bits per heavy atom. The van der Waals surface area contributed by atoms with Crippen LogP contribution in [-0.2, 0) is 4.79 Å². The molecule has 0 fully saturated rings. The summed E-state index contributed by atoms with van der Waals surface area (Å²) in [7, 11) is 0. The number of nitrogens with zero attached hydrogens (tertiary/aromatic N) is 1. The van der Waals surface area contributed by atoms with Gasteiger partial charge in [0.25, 0.3) is 5.91 Å². The zero-order chi connectivity index (χ0) is 17.4. The van der Waals surface area contributed by atoms with Gasteiger partial charge in [0.1, 0.15) is 0 Å². The molecule has 24 heavy (non-hydrogen) atoms. The molecular weight excluding hydrogens is 302 g/mol. The number of likely N-dealkylation sites (N-methyl/N-ethyl adjacent to an activating group) is 1. The maximum absolute atomic E-state index is 12.8. The van der Waals surface area contributed by atoms with Gasteiger partial charge >= 0.3 is 0 Å². The molecule has 2 aromatic carbocycles. The maximum Gasteiger partial charge on any atom is 0.258 e. The minimum atomic E-state index is -0.128. The van der Waals surface area contributed by atoms with Gasteiger partial charge < -0.3 is 15.5 Å². The van der Waals surface area contributed by atoms with Crippen LogP contribution in [0.2, 0.25) is 0 Å². The van der Waals surface area contributed by atoms with E-state index in [-0.39, 0.29) is 18.4 Å². The topological polar surface area (TPSA) is 61.4 Å². The van der Waals surface area contributed by atoms with Crippen molar-refractivity contribution in [3.63, 3.8) is 0 Å². The van der Waals surface area contributed by atoms with Crippen LogP contribution in [0.15, 0.2) is 54.6 Å². The van der Waals surface area contributed by atoms with E-state index in [0.717, 1.165) is 12.2 Å². The summed E-state index contributed by atoms with van der Waals surface area (Å²) in [6.45, 7) is 5.43. The Morgan fingerprint density at radius 1 is 1.00 bits per heavy atom. The van der Waals surface area contributed by atoms with Crippen molar-refractivity contribution in [1.82, 2.24) is 5.32 Å². The molecule has 0 bridgehead atoms. The Morgan fingerprint density at radius 2 is 1.75 bits per heavy atom. The average molecular weight is 325 g/mol. The van der Waals surface area contributed by atoms with Crippen LogP contribution in [-0.4, -0.2) is 31.4 Å². The van der Waals surface area contributed by atoms with E-state index in [1.807, 2.05) is 44.2 Å². The Balaban J connectivity index is 2.14. The number of carbonyl (C=O) groups is 2. The van der Waals surface area contributed by atoms with Crippen molar-refractivity contribution in [2.45, 2.75) is 13.8 Å². The summed E-state index contributed by atoms with van der Waals surface area (Å²) in [4.78, 5) is 26.3. The van der Waals surface area contributed by atoms with Gasteiger partial charge in [0.15, 0.2) is 0 Å². The lowest BCUT2D eigenvalue weighted by molar-refractivity contribution is -0.115. The third-order valence-electron chi connectivity index (χ3n) is 3.56. The van der Waals surface area contributed by atoms with Gasteiger partial charge in [0.2, 0.25) is 5.91 Å². The van der Waals surface area contributed by atoms with Gasteiger partial charge in [0, 0.05) is 23.5 Å². The van der Waals surface area contributed by atoms with Gasteiger partial charge in [-0.1, -0.05) is 31.2 Å². The van der Waals surface area contributed by atoms with Gasteiger partial charge in [-0.15, -0.1) is 0 Å². The first-order valence-electron chi connectivity index (χ1n) is 8.13. The fourth-order valence-electron chi connectivity index (χ4n) is 2.38. The molecule has 0 atom stereocenters. The average Bonchev–Trinajstić information content (AvgIpc) is 2.61. The molecule has 2 aromatic rings. The highest BCUT2D eigenvalue weighted by molar-refractivity contribution is 6.07. The summed E-state index contributed by atoms with van der Waals surface area (Å²) < 4.78 is 0. The second-order valence-electron chi connectivity index (χ2n) is 5.29. The first-order chi connectivity index (χ1) is 11.7. The highest BCUT2D eigenvalue weighted by Crippen LogP contribution is 2.18. The predicted molar refractivity (Wildman–Crippen MR) is 97.4 cm³/mol. The summed E-state index contributed by atoms with van der Waals surface area (Å²) in [5, 5.41) is 5.76. The first kappa shape index (κ1) is 17.7. The Labute approximate surface area is 142 Å². The molecule has 0 heterocycles. The lowest BCUT2D eigenvalue weighted by atomic mass is 10.1. The molecule has 0 radical (unpaired) electrons. The molecule has 0 aliphatic carbocycles. The Bertz CT molecular complexity index is 686. The summed E-state index contributed by atoms with van der Waals surface area (Å²) in [5.74, 6) is -0.219. The van der Waals surface area contributed by atoms with Crippen molar-refractivity contribution >= 4 is 23.2 Å². The second kappa shape index (κ2) is 8.84. The molecule has 0 aliphatic rings. The molecule has 0 saturated carbocycles. The SMILES string of the molecule is CCNCC(=O)Nc1cccc(C(=O)N(CC)c2ccccc2)c1. The minimum absolute atomic E-state index is 0.0912. The van der Waals surface area contributed by atoms with Gasteiger partial charge in [-0.05, 0) is 43.8 Å². The van der Waals surface area contributed by atoms with Crippen molar-refractivity contribution in [3.8, 4) is 0 Å². The Kier molecular flexibility index (Phi) is 6.51. The van der Waals surface area contributed by atoms with Crippen LogP contribution < -0.4 is 15.5 Å². The number of rotatable bonds is 7. The van der Waals surface area contributed by atoms with Crippen LogP contribution in [0.3, 0.4) is 0 Å².